The number of hydrogen-bond donors (Lipinski definition) is 1. The molecule has 0 aromatic rings. The van der Waals surface area contributed by atoms with Crippen LogP contribution in [0, 0.1) is 11.3 Å². The summed E-state index contributed by atoms with van der Waals surface area (Å²) < 4.78 is 0. The molecule has 3 heteroatoms. The average molecular weight is 196 g/mol. The van der Waals surface area contributed by atoms with Crippen molar-refractivity contribution < 1.29 is 4.79 Å². The van der Waals surface area contributed by atoms with Crippen molar-refractivity contribution in [2.45, 2.75) is 39.2 Å². The van der Waals surface area contributed by atoms with Crippen molar-refractivity contribution >= 4 is 5.91 Å². The molecule has 1 aliphatic carbocycles. The standard InChI is InChI=1S/C11H20N2O/c1-11(2)6-8(11)7-13-5-3-4-9(12)10(13)14/h8-9H,3-7,12H2,1-2H3. The second-order valence-electron chi connectivity index (χ2n) is 5.42. The Hall–Kier alpha value is -0.570. The van der Waals surface area contributed by atoms with Crippen molar-refractivity contribution in [2.75, 3.05) is 13.1 Å². The zero-order valence-corrected chi connectivity index (χ0v) is 9.12. The predicted molar refractivity (Wildman–Crippen MR) is 55.7 cm³/mol. The van der Waals surface area contributed by atoms with Gasteiger partial charge in [0.15, 0.2) is 0 Å². The maximum absolute atomic E-state index is 11.7. The number of hydrogen-bond acceptors (Lipinski definition) is 2. The van der Waals surface area contributed by atoms with Crippen LogP contribution < -0.4 is 5.73 Å². The zero-order chi connectivity index (χ0) is 10.3. The van der Waals surface area contributed by atoms with E-state index in [0.717, 1.165) is 25.9 Å². The summed E-state index contributed by atoms with van der Waals surface area (Å²) in [6.07, 6.45) is 3.19. The molecule has 0 spiro atoms. The van der Waals surface area contributed by atoms with Crippen LogP contribution in [-0.2, 0) is 4.79 Å². The Bertz CT molecular complexity index is 250. The Morgan fingerprint density at radius 2 is 2.21 bits per heavy atom. The van der Waals surface area contributed by atoms with Crippen LogP contribution in [0.4, 0.5) is 0 Å². The van der Waals surface area contributed by atoms with E-state index in [-0.39, 0.29) is 11.9 Å². The minimum atomic E-state index is -0.231. The molecule has 1 saturated heterocycles. The molecule has 2 aliphatic rings. The molecule has 14 heavy (non-hydrogen) atoms. The van der Waals surface area contributed by atoms with Gasteiger partial charge in [-0.25, -0.2) is 0 Å². The van der Waals surface area contributed by atoms with Crippen molar-refractivity contribution in [1.82, 2.24) is 4.90 Å². The van der Waals surface area contributed by atoms with E-state index in [0.29, 0.717) is 11.3 Å². The van der Waals surface area contributed by atoms with Crippen LogP contribution in [0.25, 0.3) is 0 Å². The second-order valence-corrected chi connectivity index (χ2v) is 5.42. The fraction of sp³-hybridized carbons (Fsp3) is 0.909. The molecular weight excluding hydrogens is 176 g/mol. The summed E-state index contributed by atoms with van der Waals surface area (Å²) in [5.41, 5.74) is 6.20. The van der Waals surface area contributed by atoms with Gasteiger partial charge in [0.05, 0.1) is 6.04 Å². The number of amides is 1. The predicted octanol–water partition coefficient (Wildman–Crippen LogP) is 0.982. The van der Waals surface area contributed by atoms with E-state index in [1.807, 2.05) is 4.90 Å². The van der Waals surface area contributed by atoms with Crippen molar-refractivity contribution in [1.29, 1.82) is 0 Å². The van der Waals surface area contributed by atoms with E-state index >= 15 is 0 Å². The highest BCUT2D eigenvalue weighted by molar-refractivity contribution is 5.82. The van der Waals surface area contributed by atoms with Crippen LogP contribution in [0.1, 0.15) is 33.1 Å². The van der Waals surface area contributed by atoms with Gasteiger partial charge in [-0.15, -0.1) is 0 Å². The normalized spacial score (nSPS) is 35.9. The summed E-state index contributed by atoms with van der Waals surface area (Å²) in [5.74, 6) is 0.871. The van der Waals surface area contributed by atoms with Gasteiger partial charge in [0.25, 0.3) is 0 Å². The van der Waals surface area contributed by atoms with Crippen LogP contribution in [0.15, 0.2) is 0 Å². The molecule has 2 unspecified atom stereocenters. The Kier molecular flexibility index (Phi) is 2.30. The van der Waals surface area contributed by atoms with Gasteiger partial charge >= 0.3 is 0 Å². The summed E-state index contributed by atoms with van der Waals surface area (Å²) in [4.78, 5) is 13.7. The van der Waals surface area contributed by atoms with Crippen molar-refractivity contribution in [2.24, 2.45) is 17.1 Å². The first-order valence-corrected chi connectivity index (χ1v) is 5.55. The molecule has 1 aliphatic heterocycles. The van der Waals surface area contributed by atoms with E-state index in [4.69, 9.17) is 5.73 Å². The monoisotopic (exact) mass is 196 g/mol. The molecule has 1 heterocycles. The Labute approximate surface area is 85.6 Å². The smallest absolute Gasteiger partial charge is 0.239 e. The number of rotatable bonds is 2. The lowest BCUT2D eigenvalue weighted by Gasteiger charge is -2.30. The highest BCUT2D eigenvalue weighted by Crippen LogP contribution is 2.51. The molecule has 2 fully saturated rings. The Morgan fingerprint density at radius 3 is 2.79 bits per heavy atom. The van der Waals surface area contributed by atoms with E-state index in [1.54, 1.807) is 0 Å². The van der Waals surface area contributed by atoms with E-state index in [2.05, 4.69) is 13.8 Å². The van der Waals surface area contributed by atoms with Crippen LogP contribution in [0.2, 0.25) is 0 Å². The Morgan fingerprint density at radius 1 is 1.57 bits per heavy atom. The molecule has 2 rings (SSSR count). The molecular formula is C11H20N2O. The molecule has 80 valence electrons. The topological polar surface area (TPSA) is 46.3 Å². The highest BCUT2D eigenvalue weighted by atomic mass is 16.2. The minimum absolute atomic E-state index is 0.166. The van der Waals surface area contributed by atoms with Crippen LogP contribution in [0.5, 0.6) is 0 Å². The summed E-state index contributed by atoms with van der Waals surface area (Å²) in [6, 6.07) is -0.231. The summed E-state index contributed by atoms with van der Waals surface area (Å²) in [7, 11) is 0. The van der Waals surface area contributed by atoms with E-state index < -0.39 is 0 Å². The number of piperidine rings is 1. The SMILES string of the molecule is CC1(C)CC1CN1CCCC(N)C1=O. The lowest BCUT2D eigenvalue weighted by molar-refractivity contribution is -0.135. The zero-order valence-electron chi connectivity index (χ0n) is 9.12. The summed E-state index contributed by atoms with van der Waals surface area (Å²) in [6.45, 7) is 6.39. The number of nitrogens with two attached hydrogens (primary N) is 1. The number of nitrogens with zero attached hydrogens (tertiary/aromatic N) is 1. The number of carbonyl (C=O) groups excluding carboxylic acids is 1. The molecule has 0 radical (unpaired) electrons. The first-order valence-electron chi connectivity index (χ1n) is 5.55. The maximum atomic E-state index is 11.7. The van der Waals surface area contributed by atoms with Gasteiger partial charge < -0.3 is 10.6 Å². The third-order valence-electron chi connectivity index (χ3n) is 3.73. The van der Waals surface area contributed by atoms with Gasteiger partial charge in [-0.05, 0) is 30.6 Å². The third kappa shape index (κ3) is 1.78. The molecule has 0 aromatic heterocycles. The van der Waals surface area contributed by atoms with Gasteiger partial charge in [0, 0.05) is 13.1 Å². The second kappa shape index (κ2) is 3.23. The molecule has 2 atom stereocenters. The quantitative estimate of drug-likeness (QED) is 0.715. The first-order chi connectivity index (χ1) is 6.50. The molecule has 0 bridgehead atoms. The maximum Gasteiger partial charge on any atom is 0.239 e. The molecule has 1 amide bonds. The molecule has 2 N–H and O–H groups in total. The van der Waals surface area contributed by atoms with Gasteiger partial charge in [0.2, 0.25) is 5.91 Å². The largest absolute Gasteiger partial charge is 0.341 e. The van der Waals surface area contributed by atoms with Crippen molar-refractivity contribution in [3.63, 3.8) is 0 Å². The number of likely N-dealkylation sites (tertiary alicyclic amines) is 1. The van der Waals surface area contributed by atoms with E-state index in [1.165, 1.54) is 6.42 Å². The number of carbonyl (C=O) groups is 1. The Balaban J connectivity index is 1.89. The lowest BCUT2D eigenvalue weighted by atomic mass is 10.0. The average Bonchev–Trinajstić information content (AvgIpc) is 2.68. The van der Waals surface area contributed by atoms with Crippen LogP contribution >= 0.6 is 0 Å². The van der Waals surface area contributed by atoms with Gasteiger partial charge in [-0.2, -0.15) is 0 Å². The third-order valence-corrected chi connectivity index (χ3v) is 3.73. The van der Waals surface area contributed by atoms with Gasteiger partial charge in [0.1, 0.15) is 0 Å². The molecule has 1 saturated carbocycles. The van der Waals surface area contributed by atoms with E-state index in [9.17, 15) is 4.79 Å². The first kappa shape index (κ1) is 9.97. The summed E-state index contributed by atoms with van der Waals surface area (Å²) >= 11 is 0. The van der Waals surface area contributed by atoms with Gasteiger partial charge in [-0.1, -0.05) is 13.8 Å². The molecule has 3 nitrogen and oxygen atoms in total. The highest BCUT2D eigenvalue weighted by Gasteiger charge is 2.47. The molecule has 0 aromatic carbocycles. The lowest BCUT2D eigenvalue weighted by Crippen LogP contribution is -2.49. The van der Waals surface area contributed by atoms with Crippen LogP contribution in [-0.4, -0.2) is 29.9 Å². The fourth-order valence-corrected chi connectivity index (χ4v) is 2.31. The fourth-order valence-electron chi connectivity index (χ4n) is 2.31. The summed E-state index contributed by atoms with van der Waals surface area (Å²) in [5, 5.41) is 0. The van der Waals surface area contributed by atoms with Crippen LogP contribution in [0.3, 0.4) is 0 Å². The van der Waals surface area contributed by atoms with Gasteiger partial charge in [-0.3, -0.25) is 4.79 Å². The van der Waals surface area contributed by atoms with Crippen molar-refractivity contribution in [3.05, 3.63) is 0 Å². The minimum Gasteiger partial charge on any atom is -0.341 e. The van der Waals surface area contributed by atoms with Crippen molar-refractivity contribution in [3.8, 4) is 0 Å².